The van der Waals surface area contributed by atoms with Gasteiger partial charge in [0.15, 0.2) is 0 Å². The van der Waals surface area contributed by atoms with Gasteiger partial charge in [0.2, 0.25) is 11.8 Å². The van der Waals surface area contributed by atoms with Crippen molar-refractivity contribution in [1.29, 1.82) is 0 Å². The largest absolute Gasteiger partial charge is 0.354 e. The van der Waals surface area contributed by atoms with Crippen molar-refractivity contribution >= 4 is 11.8 Å². The van der Waals surface area contributed by atoms with E-state index in [0.717, 1.165) is 25.7 Å². The maximum atomic E-state index is 12.3. The first kappa shape index (κ1) is 13.2. The van der Waals surface area contributed by atoms with E-state index in [2.05, 4.69) is 28.8 Å². The second-order valence-electron chi connectivity index (χ2n) is 5.76. The van der Waals surface area contributed by atoms with E-state index in [1.54, 1.807) is 0 Å². The summed E-state index contributed by atoms with van der Waals surface area (Å²) in [6, 6.07) is 8.47. The van der Waals surface area contributed by atoms with Crippen LogP contribution in [0.3, 0.4) is 0 Å². The maximum absolute atomic E-state index is 12.3. The van der Waals surface area contributed by atoms with E-state index in [1.165, 1.54) is 11.1 Å². The van der Waals surface area contributed by atoms with Gasteiger partial charge in [0.05, 0.1) is 0 Å². The molecule has 1 aromatic rings. The van der Waals surface area contributed by atoms with Crippen molar-refractivity contribution in [2.45, 2.75) is 38.1 Å². The minimum atomic E-state index is 0.0718. The zero-order valence-corrected chi connectivity index (χ0v) is 11.5. The number of amides is 2. The molecule has 2 N–H and O–H groups in total. The van der Waals surface area contributed by atoms with Crippen LogP contribution in [0.5, 0.6) is 0 Å². The van der Waals surface area contributed by atoms with Crippen LogP contribution in [-0.2, 0) is 22.4 Å². The lowest BCUT2D eigenvalue weighted by Gasteiger charge is -2.28. The van der Waals surface area contributed by atoms with Crippen LogP contribution in [0.1, 0.15) is 30.4 Å². The Morgan fingerprint density at radius 1 is 1.15 bits per heavy atom. The van der Waals surface area contributed by atoms with Gasteiger partial charge < -0.3 is 10.6 Å². The van der Waals surface area contributed by atoms with Gasteiger partial charge in [-0.15, -0.1) is 0 Å². The van der Waals surface area contributed by atoms with Gasteiger partial charge in [0.25, 0.3) is 0 Å². The molecule has 106 valence electrons. The van der Waals surface area contributed by atoms with E-state index >= 15 is 0 Å². The van der Waals surface area contributed by atoms with Gasteiger partial charge in [-0.2, -0.15) is 0 Å². The minimum Gasteiger partial charge on any atom is -0.354 e. The van der Waals surface area contributed by atoms with Gasteiger partial charge in [-0.25, -0.2) is 0 Å². The molecule has 0 spiro atoms. The molecule has 2 unspecified atom stereocenters. The van der Waals surface area contributed by atoms with Crippen molar-refractivity contribution in [1.82, 2.24) is 10.6 Å². The molecule has 20 heavy (non-hydrogen) atoms. The minimum absolute atomic E-state index is 0.0718. The Bertz CT molecular complexity index is 517. The summed E-state index contributed by atoms with van der Waals surface area (Å²) < 4.78 is 0. The standard InChI is InChI=1S/C16H20N2O2/c19-15-8-7-14(10-17-15)18-16(20)13-6-5-11-3-1-2-4-12(11)9-13/h1-4,13-14H,5-10H2,(H,17,19)(H,18,20). The number of rotatable bonds is 2. The molecule has 0 aromatic heterocycles. The van der Waals surface area contributed by atoms with Gasteiger partial charge >= 0.3 is 0 Å². The lowest BCUT2D eigenvalue weighted by Crippen LogP contribution is -2.49. The molecule has 1 aromatic carbocycles. The molecule has 2 aliphatic rings. The number of piperidine rings is 1. The molecule has 0 radical (unpaired) electrons. The summed E-state index contributed by atoms with van der Waals surface area (Å²) in [6.07, 6.45) is 4.00. The normalized spacial score (nSPS) is 25.5. The number of hydrogen-bond acceptors (Lipinski definition) is 2. The van der Waals surface area contributed by atoms with E-state index in [4.69, 9.17) is 0 Å². The molecule has 4 heteroatoms. The molecular weight excluding hydrogens is 252 g/mol. The molecule has 3 rings (SSSR count). The SMILES string of the molecule is O=C1CCC(NC(=O)C2CCc3ccccc3C2)CN1. The average molecular weight is 272 g/mol. The fourth-order valence-corrected chi connectivity index (χ4v) is 3.10. The number of benzene rings is 1. The van der Waals surface area contributed by atoms with Crippen molar-refractivity contribution in [2.24, 2.45) is 5.92 Å². The third-order valence-electron chi connectivity index (χ3n) is 4.33. The zero-order chi connectivity index (χ0) is 13.9. The highest BCUT2D eigenvalue weighted by Gasteiger charge is 2.27. The molecule has 1 heterocycles. The third kappa shape index (κ3) is 2.84. The van der Waals surface area contributed by atoms with Crippen LogP contribution in [0.15, 0.2) is 24.3 Å². The van der Waals surface area contributed by atoms with E-state index < -0.39 is 0 Å². The molecule has 1 saturated heterocycles. The van der Waals surface area contributed by atoms with E-state index in [1.807, 2.05) is 6.07 Å². The number of hydrogen-bond donors (Lipinski definition) is 2. The van der Waals surface area contributed by atoms with Crippen molar-refractivity contribution in [3.8, 4) is 0 Å². The number of fused-ring (bicyclic) bond motifs is 1. The van der Waals surface area contributed by atoms with Crippen molar-refractivity contribution in [2.75, 3.05) is 6.54 Å². The number of carbonyl (C=O) groups excluding carboxylic acids is 2. The summed E-state index contributed by atoms with van der Waals surface area (Å²) in [5, 5.41) is 5.89. The maximum Gasteiger partial charge on any atom is 0.223 e. The monoisotopic (exact) mass is 272 g/mol. The van der Waals surface area contributed by atoms with Crippen LogP contribution in [0, 0.1) is 5.92 Å². The highest BCUT2D eigenvalue weighted by Crippen LogP contribution is 2.25. The first-order valence-electron chi connectivity index (χ1n) is 7.36. The van der Waals surface area contributed by atoms with Crippen LogP contribution in [0.2, 0.25) is 0 Å². The Balaban J connectivity index is 1.57. The predicted molar refractivity (Wildman–Crippen MR) is 76.1 cm³/mol. The Kier molecular flexibility index (Phi) is 3.72. The molecule has 0 saturated carbocycles. The van der Waals surface area contributed by atoms with E-state index in [9.17, 15) is 9.59 Å². The average Bonchev–Trinajstić information content (AvgIpc) is 2.49. The molecule has 1 aliphatic carbocycles. The van der Waals surface area contributed by atoms with Gasteiger partial charge in [0.1, 0.15) is 0 Å². The van der Waals surface area contributed by atoms with Crippen LogP contribution in [0.25, 0.3) is 0 Å². The summed E-state index contributed by atoms with van der Waals surface area (Å²) in [6.45, 7) is 0.563. The first-order chi connectivity index (χ1) is 9.72. The summed E-state index contributed by atoms with van der Waals surface area (Å²) in [4.78, 5) is 23.4. The smallest absolute Gasteiger partial charge is 0.223 e. The van der Waals surface area contributed by atoms with Crippen molar-refractivity contribution in [3.63, 3.8) is 0 Å². The molecule has 1 aliphatic heterocycles. The summed E-state index contributed by atoms with van der Waals surface area (Å²) in [5.74, 6) is 0.297. The Hall–Kier alpha value is -1.84. The highest BCUT2D eigenvalue weighted by atomic mass is 16.2. The zero-order valence-electron chi connectivity index (χ0n) is 11.5. The molecule has 2 atom stereocenters. The van der Waals surface area contributed by atoms with Gasteiger partial charge in [-0.05, 0) is 36.8 Å². The Labute approximate surface area is 118 Å². The number of aryl methyl sites for hydroxylation is 1. The molecule has 0 bridgehead atoms. The van der Waals surface area contributed by atoms with Gasteiger partial charge in [-0.3, -0.25) is 9.59 Å². The number of nitrogens with one attached hydrogen (secondary N) is 2. The highest BCUT2D eigenvalue weighted by molar-refractivity contribution is 5.81. The quantitative estimate of drug-likeness (QED) is 0.849. The third-order valence-corrected chi connectivity index (χ3v) is 4.33. The first-order valence-corrected chi connectivity index (χ1v) is 7.36. The second kappa shape index (κ2) is 5.65. The van der Waals surface area contributed by atoms with Gasteiger partial charge in [0, 0.05) is 24.9 Å². The predicted octanol–water partition coefficient (Wildman–Crippen LogP) is 1.19. The fourth-order valence-electron chi connectivity index (χ4n) is 3.10. The van der Waals surface area contributed by atoms with Crippen molar-refractivity contribution < 1.29 is 9.59 Å². The fraction of sp³-hybridized carbons (Fsp3) is 0.500. The molecule has 2 amide bonds. The topological polar surface area (TPSA) is 58.2 Å². The second-order valence-corrected chi connectivity index (χ2v) is 5.76. The van der Waals surface area contributed by atoms with Crippen LogP contribution < -0.4 is 10.6 Å². The lowest BCUT2D eigenvalue weighted by molar-refractivity contribution is -0.128. The molecule has 1 fully saturated rings. The van der Waals surface area contributed by atoms with Crippen LogP contribution in [0.4, 0.5) is 0 Å². The molecule has 4 nitrogen and oxygen atoms in total. The summed E-state index contributed by atoms with van der Waals surface area (Å²) >= 11 is 0. The van der Waals surface area contributed by atoms with Gasteiger partial charge in [-0.1, -0.05) is 24.3 Å². The number of carbonyl (C=O) groups is 2. The van der Waals surface area contributed by atoms with E-state index in [-0.39, 0.29) is 23.8 Å². The van der Waals surface area contributed by atoms with Crippen LogP contribution in [-0.4, -0.2) is 24.4 Å². The Morgan fingerprint density at radius 2 is 1.95 bits per heavy atom. The summed E-state index contributed by atoms with van der Waals surface area (Å²) in [7, 11) is 0. The Morgan fingerprint density at radius 3 is 2.70 bits per heavy atom. The molecular formula is C16H20N2O2. The summed E-state index contributed by atoms with van der Waals surface area (Å²) in [5.41, 5.74) is 2.68. The van der Waals surface area contributed by atoms with Crippen LogP contribution >= 0.6 is 0 Å². The van der Waals surface area contributed by atoms with Crippen molar-refractivity contribution in [3.05, 3.63) is 35.4 Å². The lowest BCUT2D eigenvalue weighted by atomic mass is 9.83. The van der Waals surface area contributed by atoms with E-state index in [0.29, 0.717) is 13.0 Å².